The van der Waals surface area contributed by atoms with Crippen LogP contribution >= 0.6 is 0 Å². The lowest BCUT2D eigenvalue weighted by Gasteiger charge is -2.13. The molecule has 1 aromatic carbocycles. The van der Waals surface area contributed by atoms with Crippen molar-refractivity contribution in [2.24, 2.45) is 7.05 Å². The summed E-state index contributed by atoms with van der Waals surface area (Å²) < 4.78 is 6.81. The maximum atomic E-state index is 12.1. The molecule has 0 aliphatic heterocycles. The average Bonchev–Trinajstić information content (AvgIpc) is 2.84. The van der Waals surface area contributed by atoms with Gasteiger partial charge in [-0.15, -0.1) is 10.2 Å². The Kier molecular flexibility index (Phi) is 3.88. The van der Waals surface area contributed by atoms with Crippen molar-refractivity contribution in [2.75, 3.05) is 12.8 Å². The Balaban J connectivity index is 2.12. The first kappa shape index (κ1) is 13.9. The Morgan fingerprint density at radius 1 is 1.50 bits per heavy atom. The number of anilines is 1. The highest BCUT2D eigenvalue weighted by Gasteiger charge is 2.16. The third kappa shape index (κ3) is 2.71. The first-order valence-corrected chi connectivity index (χ1v) is 6.11. The molecule has 7 nitrogen and oxygen atoms in total. The molecule has 20 heavy (non-hydrogen) atoms. The number of nitrogens with zero attached hydrogens (tertiary/aromatic N) is 3. The smallest absolute Gasteiger partial charge is 0.251 e. The summed E-state index contributed by atoms with van der Waals surface area (Å²) in [5.74, 6) is 0.998. The molecule has 0 radical (unpaired) electrons. The van der Waals surface area contributed by atoms with Gasteiger partial charge in [-0.1, -0.05) is 0 Å². The molecule has 0 aliphatic rings. The molecule has 106 valence electrons. The van der Waals surface area contributed by atoms with Gasteiger partial charge in [0.1, 0.15) is 12.1 Å². The lowest BCUT2D eigenvalue weighted by Crippen LogP contribution is -2.28. The van der Waals surface area contributed by atoms with Crippen molar-refractivity contribution >= 4 is 11.6 Å². The minimum absolute atomic E-state index is 0.227. The van der Waals surface area contributed by atoms with Crippen LogP contribution in [0.5, 0.6) is 5.75 Å². The highest BCUT2D eigenvalue weighted by molar-refractivity contribution is 5.95. The second kappa shape index (κ2) is 5.60. The highest BCUT2D eigenvalue weighted by atomic mass is 16.5. The van der Waals surface area contributed by atoms with E-state index < -0.39 is 0 Å². The van der Waals surface area contributed by atoms with Crippen molar-refractivity contribution in [3.05, 3.63) is 35.9 Å². The van der Waals surface area contributed by atoms with Gasteiger partial charge in [0.05, 0.1) is 18.8 Å². The molecule has 3 N–H and O–H groups in total. The Morgan fingerprint density at radius 3 is 2.80 bits per heavy atom. The first-order valence-electron chi connectivity index (χ1n) is 6.11. The third-order valence-corrected chi connectivity index (χ3v) is 2.97. The molecule has 1 atom stereocenters. The number of carbonyl (C=O) groups excluding carboxylic acids is 1. The summed E-state index contributed by atoms with van der Waals surface area (Å²) in [4.78, 5) is 12.1. The molecule has 0 saturated carbocycles. The fourth-order valence-corrected chi connectivity index (χ4v) is 1.90. The first-order chi connectivity index (χ1) is 9.52. The molecule has 0 saturated heterocycles. The van der Waals surface area contributed by atoms with Gasteiger partial charge in [0.15, 0.2) is 5.82 Å². The number of nitrogen functional groups attached to an aromatic ring is 1. The third-order valence-electron chi connectivity index (χ3n) is 2.97. The number of benzene rings is 1. The minimum Gasteiger partial charge on any atom is -0.495 e. The quantitative estimate of drug-likeness (QED) is 0.808. The van der Waals surface area contributed by atoms with Crippen LogP contribution in [-0.4, -0.2) is 27.8 Å². The Labute approximate surface area is 116 Å². The maximum absolute atomic E-state index is 12.1. The van der Waals surface area contributed by atoms with E-state index in [-0.39, 0.29) is 11.9 Å². The number of hydrogen-bond donors (Lipinski definition) is 2. The molecule has 1 unspecified atom stereocenters. The SMILES string of the molecule is COc1ccc(C(=O)NC(C)c2nncn2C)cc1N. The normalized spacial score (nSPS) is 11.9. The van der Waals surface area contributed by atoms with E-state index in [2.05, 4.69) is 15.5 Å². The van der Waals surface area contributed by atoms with E-state index in [4.69, 9.17) is 10.5 Å². The van der Waals surface area contributed by atoms with Crippen molar-refractivity contribution in [1.82, 2.24) is 20.1 Å². The minimum atomic E-state index is -0.252. The standard InChI is InChI=1S/C13H17N5O2/c1-8(12-17-15-7-18(12)2)16-13(19)9-4-5-11(20-3)10(14)6-9/h4-8H,14H2,1-3H3,(H,16,19). The summed E-state index contributed by atoms with van der Waals surface area (Å²) in [5, 5.41) is 10.6. The number of nitrogens with two attached hydrogens (primary N) is 1. The van der Waals surface area contributed by atoms with Crippen LogP contribution in [-0.2, 0) is 7.05 Å². The molecule has 0 bridgehead atoms. The summed E-state index contributed by atoms with van der Waals surface area (Å²) in [6.07, 6.45) is 1.59. The average molecular weight is 275 g/mol. The van der Waals surface area contributed by atoms with E-state index in [1.807, 2.05) is 14.0 Å². The van der Waals surface area contributed by atoms with Crippen molar-refractivity contribution in [3.8, 4) is 5.75 Å². The van der Waals surface area contributed by atoms with Gasteiger partial charge < -0.3 is 20.4 Å². The fourth-order valence-electron chi connectivity index (χ4n) is 1.90. The summed E-state index contributed by atoms with van der Waals surface area (Å²) >= 11 is 0. The van der Waals surface area contributed by atoms with Crippen LogP contribution in [0.4, 0.5) is 5.69 Å². The molecule has 1 aromatic heterocycles. The Morgan fingerprint density at radius 2 is 2.25 bits per heavy atom. The molecule has 1 amide bonds. The summed E-state index contributed by atoms with van der Waals surface area (Å²) in [6.45, 7) is 1.84. The highest BCUT2D eigenvalue weighted by Crippen LogP contribution is 2.22. The van der Waals surface area contributed by atoms with E-state index in [1.165, 1.54) is 7.11 Å². The fraction of sp³-hybridized carbons (Fsp3) is 0.308. The molecular formula is C13H17N5O2. The van der Waals surface area contributed by atoms with Gasteiger partial charge >= 0.3 is 0 Å². The molecule has 0 aliphatic carbocycles. The lowest BCUT2D eigenvalue weighted by molar-refractivity contribution is 0.0938. The van der Waals surface area contributed by atoms with Gasteiger partial charge in [0.2, 0.25) is 0 Å². The second-order valence-corrected chi connectivity index (χ2v) is 4.45. The van der Waals surface area contributed by atoms with Crippen LogP contribution in [0.25, 0.3) is 0 Å². The largest absolute Gasteiger partial charge is 0.495 e. The van der Waals surface area contributed by atoms with Crippen LogP contribution in [0.15, 0.2) is 24.5 Å². The predicted octanol–water partition coefficient (Wildman–Crippen LogP) is 0.897. The second-order valence-electron chi connectivity index (χ2n) is 4.45. The zero-order valence-corrected chi connectivity index (χ0v) is 11.6. The topological polar surface area (TPSA) is 95.1 Å². The van der Waals surface area contributed by atoms with Gasteiger partial charge in [-0.05, 0) is 25.1 Å². The van der Waals surface area contributed by atoms with Gasteiger partial charge in [0.25, 0.3) is 5.91 Å². The van der Waals surface area contributed by atoms with Gasteiger partial charge in [-0.3, -0.25) is 4.79 Å². The maximum Gasteiger partial charge on any atom is 0.251 e. The number of rotatable bonds is 4. The molecule has 1 heterocycles. The van der Waals surface area contributed by atoms with Crippen LogP contribution in [0, 0.1) is 0 Å². The van der Waals surface area contributed by atoms with Crippen molar-refractivity contribution in [2.45, 2.75) is 13.0 Å². The number of aryl methyl sites for hydroxylation is 1. The number of carbonyl (C=O) groups is 1. The monoisotopic (exact) mass is 275 g/mol. The zero-order valence-electron chi connectivity index (χ0n) is 11.6. The van der Waals surface area contributed by atoms with Crippen LogP contribution in [0.2, 0.25) is 0 Å². The van der Waals surface area contributed by atoms with E-state index >= 15 is 0 Å². The van der Waals surface area contributed by atoms with E-state index in [0.29, 0.717) is 22.8 Å². The molecular weight excluding hydrogens is 258 g/mol. The zero-order chi connectivity index (χ0) is 14.7. The van der Waals surface area contributed by atoms with Crippen LogP contribution < -0.4 is 15.8 Å². The summed E-state index contributed by atoms with van der Waals surface area (Å²) in [5.41, 5.74) is 6.68. The van der Waals surface area contributed by atoms with E-state index in [9.17, 15) is 4.79 Å². The predicted molar refractivity (Wildman–Crippen MR) is 74.3 cm³/mol. The van der Waals surface area contributed by atoms with Crippen LogP contribution in [0.3, 0.4) is 0 Å². The van der Waals surface area contributed by atoms with Gasteiger partial charge in [-0.25, -0.2) is 0 Å². The van der Waals surface area contributed by atoms with Crippen molar-refractivity contribution in [3.63, 3.8) is 0 Å². The molecule has 2 aromatic rings. The number of nitrogens with one attached hydrogen (secondary N) is 1. The summed E-state index contributed by atoms with van der Waals surface area (Å²) in [6, 6.07) is 4.65. The van der Waals surface area contributed by atoms with Crippen molar-refractivity contribution in [1.29, 1.82) is 0 Å². The number of aromatic nitrogens is 3. The van der Waals surface area contributed by atoms with Crippen LogP contribution in [0.1, 0.15) is 29.1 Å². The van der Waals surface area contributed by atoms with Crippen molar-refractivity contribution < 1.29 is 9.53 Å². The molecule has 0 fully saturated rings. The molecule has 2 rings (SSSR count). The number of methoxy groups -OCH3 is 1. The van der Waals surface area contributed by atoms with Gasteiger partial charge in [-0.2, -0.15) is 0 Å². The summed E-state index contributed by atoms with van der Waals surface area (Å²) in [7, 11) is 3.35. The Bertz CT molecular complexity index is 623. The molecule has 7 heteroatoms. The number of hydrogen-bond acceptors (Lipinski definition) is 5. The van der Waals surface area contributed by atoms with E-state index in [0.717, 1.165) is 0 Å². The molecule has 0 spiro atoms. The van der Waals surface area contributed by atoms with E-state index in [1.54, 1.807) is 29.1 Å². The number of amides is 1. The lowest BCUT2D eigenvalue weighted by atomic mass is 10.1. The Hall–Kier alpha value is -2.57. The van der Waals surface area contributed by atoms with Gasteiger partial charge in [0, 0.05) is 12.6 Å². The number of ether oxygens (including phenoxy) is 1.